The number of aliphatic carboxylic acids is 1. The van der Waals surface area contributed by atoms with Gasteiger partial charge in [-0.2, -0.15) is 0 Å². The Kier molecular flexibility index (Phi) is 5.53. The Morgan fingerprint density at radius 1 is 1.33 bits per heavy atom. The monoisotopic (exact) mass is 327 g/mol. The maximum atomic E-state index is 12.1. The summed E-state index contributed by atoms with van der Waals surface area (Å²) in [7, 11) is 0. The minimum Gasteiger partial charge on any atom is -0.481 e. The van der Waals surface area contributed by atoms with Gasteiger partial charge >= 0.3 is 5.97 Å². The van der Waals surface area contributed by atoms with E-state index in [2.05, 4.69) is 0 Å². The van der Waals surface area contributed by atoms with Crippen LogP contribution in [0.4, 0.5) is 0 Å². The van der Waals surface area contributed by atoms with E-state index < -0.39 is 11.9 Å². The van der Waals surface area contributed by atoms with Gasteiger partial charge in [-0.05, 0) is 23.6 Å². The van der Waals surface area contributed by atoms with Gasteiger partial charge in [0.25, 0.3) is 0 Å². The van der Waals surface area contributed by atoms with Crippen LogP contribution in [0.5, 0.6) is 0 Å². The highest BCUT2D eigenvalue weighted by Gasteiger charge is 2.36. The third-order valence-electron chi connectivity index (χ3n) is 3.69. The number of rotatable bonds is 5. The van der Waals surface area contributed by atoms with Crippen molar-refractivity contribution in [1.29, 1.82) is 0 Å². The van der Waals surface area contributed by atoms with Crippen molar-refractivity contribution in [1.82, 2.24) is 4.90 Å². The van der Waals surface area contributed by atoms with Gasteiger partial charge in [0.05, 0.1) is 11.7 Å². The average molecular weight is 328 g/mol. The first-order valence-corrected chi connectivity index (χ1v) is 8.33. The summed E-state index contributed by atoms with van der Waals surface area (Å²) < 4.78 is 0. The number of benzene rings is 1. The molecule has 0 unspecified atom stereocenters. The lowest BCUT2D eigenvalue weighted by molar-refractivity contribution is -0.142. The van der Waals surface area contributed by atoms with Crippen molar-refractivity contribution in [3.63, 3.8) is 0 Å². The molecule has 0 radical (unpaired) electrons. The molecule has 1 aromatic rings. The van der Waals surface area contributed by atoms with Crippen LogP contribution in [0.2, 0.25) is 5.02 Å². The van der Waals surface area contributed by atoms with Crippen LogP contribution < -0.4 is 0 Å². The summed E-state index contributed by atoms with van der Waals surface area (Å²) in [6.45, 7) is 2.75. The van der Waals surface area contributed by atoms with Gasteiger partial charge < -0.3 is 10.0 Å². The summed E-state index contributed by atoms with van der Waals surface area (Å²) in [4.78, 5) is 24.8. The van der Waals surface area contributed by atoms with E-state index in [4.69, 9.17) is 16.7 Å². The highest BCUT2D eigenvalue weighted by Crippen LogP contribution is 2.24. The number of hydrogen-bond acceptors (Lipinski definition) is 3. The fraction of sp³-hybridized carbons (Fsp3) is 0.467. The summed E-state index contributed by atoms with van der Waals surface area (Å²) in [5.74, 6) is -0.0878. The summed E-state index contributed by atoms with van der Waals surface area (Å²) in [5, 5.41) is 9.78. The van der Waals surface area contributed by atoms with Gasteiger partial charge in [0.15, 0.2) is 0 Å². The fourth-order valence-electron chi connectivity index (χ4n) is 2.42. The molecule has 1 heterocycles. The molecule has 0 spiro atoms. The zero-order valence-electron chi connectivity index (χ0n) is 11.8. The Bertz CT molecular complexity index is 520. The molecule has 21 heavy (non-hydrogen) atoms. The number of hydrogen-bond donors (Lipinski definition) is 1. The largest absolute Gasteiger partial charge is 0.481 e. The number of carboxylic acid groups (broad SMARTS) is 1. The minimum atomic E-state index is -0.813. The van der Waals surface area contributed by atoms with Gasteiger partial charge in [0, 0.05) is 23.9 Å². The van der Waals surface area contributed by atoms with Crippen LogP contribution in [0.3, 0.4) is 0 Å². The van der Waals surface area contributed by atoms with E-state index in [9.17, 15) is 9.59 Å². The molecule has 0 bridgehead atoms. The zero-order chi connectivity index (χ0) is 15.4. The number of carboxylic acids is 1. The van der Waals surface area contributed by atoms with E-state index in [1.165, 1.54) is 11.8 Å². The molecule has 1 amide bonds. The number of carbonyl (C=O) groups excluding carboxylic acids is 1. The fourth-order valence-corrected chi connectivity index (χ4v) is 3.43. The molecule has 1 aromatic carbocycles. The molecular formula is C15H18ClNO3S. The first kappa shape index (κ1) is 16.2. The quantitative estimate of drug-likeness (QED) is 0.903. The van der Waals surface area contributed by atoms with E-state index >= 15 is 0 Å². The number of thioether (sulfide) groups is 1. The molecule has 2 rings (SSSR count). The molecule has 1 fully saturated rings. The Morgan fingerprint density at radius 3 is 2.57 bits per heavy atom. The van der Waals surface area contributed by atoms with Gasteiger partial charge in [0.2, 0.25) is 5.91 Å². The van der Waals surface area contributed by atoms with Crippen molar-refractivity contribution < 1.29 is 14.7 Å². The molecule has 1 saturated heterocycles. The summed E-state index contributed by atoms with van der Waals surface area (Å²) in [6.07, 6.45) is 0. The number of nitrogens with zero attached hydrogens (tertiary/aromatic N) is 1. The molecular weight excluding hydrogens is 310 g/mol. The minimum absolute atomic E-state index is 0.0181. The lowest BCUT2D eigenvalue weighted by Gasteiger charge is -2.15. The third-order valence-corrected chi connectivity index (χ3v) is 4.93. The molecule has 0 aliphatic carbocycles. The lowest BCUT2D eigenvalue weighted by Crippen LogP contribution is -2.31. The van der Waals surface area contributed by atoms with Crippen LogP contribution in [0, 0.1) is 11.8 Å². The van der Waals surface area contributed by atoms with E-state index in [1.54, 1.807) is 4.90 Å². The van der Waals surface area contributed by atoms with Crippen LogP contribution in [-0.2, 0) is 15.3 Å². The van der Waals surface area contributed by atoms with Crippen molar-refractivity contribution in [2.24, 2.45) is 11.8 Å². The van der Waals surface area contributed by atoms with E-state index in [-0.39, 0.29) is 11.8 Å². The normalized spacial score (nSPS) is 21.5. The first-order chi connectivity index (χ1) is 9.97. The Balaban J connectivity index is 1.77. The average Bonchev–Trinajstić information content (AvgIpc) is 2.83. The van der Waals surface area contributed by atoms with Crippen LogP contribution in [0.25, 0.3) is 0 Å². The van der Waals surface area contributed by atoms with E-state index in [0.717, 1.165) is 11.3 Å². The maximum absolute atomic E-state index is 12.1. The Labute approximate surface area is 133 Å². The van der Waals surface area contributed by atoms with Crippen LogP contribution in [-0.4, -0.2) is 40.7 Å². The van der Waals surface area contributed by atoms with Crippen molar-refractivity contribution >= 4 is 35.2 Å². The molecule has 6 heteroatoms. The van der Waals surface area contributed by atoms with Gasteiger partial charge in [-0.25, -0.2) is 0 Å². The molecule has 1 aliphatic rings. The maximum Gasteiger partial charge on any atom is 0.308 e. The Hall–Kier alpha value is -1.20. The predicted molar refractivity (Wildman–Crippen MR) is 84.5 cm³/mol. The van der Waals surface area contributed by atoms with E-state index in [1.807, 2.05) is 31.2 Å². The predicted octanol–water partition coefficient (Wildman–Crippen LogP) is 2.75. The standard InChI is InChI=1S/C15H18ClNO3S/c1-10-6-17(7-13(10)15(19)20)14(18)9-21-8-11-2-4-12(16)5-3-11/h2-5,10,13H,6-9H2,1H3,(H,19,20)/t10-,13-/m1/s1. The van der Waals surface area contributed by atoms with Crippen molar-refractivity contribution in [3.05, 3.63) is 34.9 Å². The van der Waals surface area contributed by atoms with Crippen molar-refractivity contribution in [2.45, 2.75) is 12.7 Å². The van der Waals surface area contributed by atoms with E-state index in [0.29, 0.717) is 23.9 Å². The van der Waals surface area contributed by atoms with Crippen LogP contribution >= 0.6 is 23.4 Å². The molecule has 0 aromatic heterocycles. The number of amides is 1. The topological polar surface area (TPSA) is 57.6 Å². The summed E-state index contributed by atoms with van der Waals surface area (Å²) >= 11 is 7.36. The molecule has 114 valence electrons. The lowest BCUT2D eigenvalue weighted by atomic mass is 9.99. The smallest absolute Gasteiger partial charge is 0.308 e. The molecule has 2 atom stereocenters. The van der Waals surface area contributed by atoms with Gasteiger partial charge in [-0.15, -0.1) is 11.8 Å². The summed E-state index contributed by atoms with van der Waals surface area (Å²) in [5.41, 5.74) is 1.12. The molecule has 4 nitrogen and oxygen atoms in total. The molecule has 1 N–H and O–H groups in total. The van der Waals surface area contributed by atoms with Gasteiger partial charge in [-0.1, -0.05) is 30.7 Å². The second kappa shape index (κ2) is 7.18. The van der Waals surface area contributed by atoms with Crippen LogP contribution in [0.1, 0.15) is 12.5 Å². The van der Waals surface area contributed by atoms with Crippen LogP contribution in [0.15, 0.2) is 24.3 Å². The zero-order valence-corrected chi connectivity index (χ0v) is 13.4. The Morgan fingerprint density at radius 2 is 2.00 bits per heavy atom. The first-order valence-electron chi connectivity index (χ1n) is 6.80. The molecule has 1 aliphatic heterocycles. The third kappa shape index (κ3) is 4.38. The second-order valence-electron chi connectivity index (χ2n) is 5.34. The van der Waals surface area contributed by atoms with Crippen molar-refractivity contribution in [2.75, 3.05) is 18.8 Å². The highest BCUT2D eigenvalue weighted by molar-refractivity contribution is 7.99. The SMILES string of the molecule is C[C@@H]1CN(C(=O)CSCc2ccc(Cl)cc2)C[C@H]1C(=O)O. The van der Waals surface area contributed by atoms with Crippen molar-refractivity contribution in [3.8, 4) is 0 Å². The van der Waals surface area contributed by atoms with Gasteiger partial charge in [0.1, 0.15) is 0 Å². The van der Waals surface area contributed by atoms with Gasteiger partial charge in [-0.3, -0.25) is 9.59 Å². The summed E-state index contributed by atoms with van der Waals surface area (Å²) in [6, 6.07) is 7.55. The number of halogens is 1. The second-order valence-corrected chi connectivity index (χ2v) is 6.76. The molecule has 0 saturated carbocycles. The highest BCUT2D eigenvalue weighted by atomic mass is 35.5. The number of likely N-dealkylation sites (tertiary alicyclic amines) is 1. The number of carbonyl (C=O) groups is 2.